The molecule has 1 heterocycles. The number of aromatic nitrogens is 1. The van der Waals surface area contributed by atoms with Gasteiger partial charge in [0.05, 0.1) is 0 Å². The lowest BCUT2D eigenvalue weighted by Crippen LogP contribution is -2.42. The normalized spacial score (nSPS) is 11.6. The zero-order chi connectivity index (χ0) is 32.0. The minimum absolute atomic E-state index is 0. The van der Waals surface area contributed by atoms with E-state index in [0.717, 1.165) is 6.42 Å². The molecule has 0 aliphatic heterocycles. The molecule has 1 unspecified atom stereocenters. The third kappa shape index (κ3) is 28.8. The van der Waals surface area contributed by atoms with E-state index in [1.165, 1.54) is 160 Å². The maximum atomic E-state index is 6.42. The van der Waals surface area contributed by atoms with Crippen molar-refractivity contribution in [2.75, 3.05) is 0 Å². The molecule has 1 aromatic carbocycles. The van der Waals surface area contributed by atoms with Crippen molar-refractivity contribution in [3.05, 3.63) is 66.5 Å². The highest BCUT2D eigenvalue weighted by atomic mass is 35.5. The molecule has 5 N–H and O–H groups in total. The molecule has 0 bridgehead atoms. The third-order valence-electron chi connectivity index (χ3n) is 9.33. The fourth-order valence-electron chi connectivity index (χ4n) is 6.23. The Bertz CT molecular complexity index is 837. The fourth-order valence-corrected chi connectivity index (χ4v) is 6.23. The number of nitrogens with two attached hydrogens (primary N) is 1. The van der Waals surface area contributed by atoms with E-state index in [4.69, 9.17) is 5.73 Å². The van der Waals surface area contributed by atoms with Crippen LogP contribution in [0.15, 0.2) is 60.9 Å². The van der Waals surface area contributed by atoms with Gasteiger partial charge < -0.3 is 11.9 Å². The fraction of sp³-hybridized carbons (Fsp3) is 0.738. The molecule has 0 radical (unpaired) electrons. The van der Waals surface area contributed by atoms with Gasteiger partial charge in [-0.3, -0.25) is 0 Å². The average molecular weight is 662 g/mol. The van der Waals surface area contributed by atoms with Gasteiger partial charge >= 0.3 is 0 Å². The summed E-state index contributed by atoms with van der Waals surface area (Å²) in [6, 6.07) is 17.1. The van der Waals surface area contributed by atoms with Crippen LogP contribution in [0.5, 0.6) is 0 Å². The average Bonchev–Trinajstić information content (AvgIpc) is 3.03. The van der Waals surface area contributed by atoms with Crippen molar-refractivity contribution in [2.45, 2.75) is 194 Å². The zero-order valence-electron chi connectivity index (χ0n) is 31.2. The quantitative estimate of drug-likeness (QED) is 0.0739. The summed E-state index contributed by atoms with van der Waals surface area (Å²) < 4.78 is 2.29. The molecule has 0 aliphatic carbocycles. The summed E-state index contributed by atoms with van der Waals surface area (Å²) in [6.07, 6.45) is 37.9. The first-order chi connectivity index (χ1) is 21.5. The minimum Gasteiger partial charge on any atom is -0.344 e. The van der Waals surface area contributed by atoms with Crippen molar-refractivity contribution in [2.24, 2.45) is 11.7 Å². The van der Waals surface area contributed by atoms with Gasteiger partial charge in [0.1, 0.15) is 6.54 Å². The summed E-state index contributed by atoms with van der Waals surface area (Å²) in [5.74, 6) is 0.579. The van der Waals surface area contributed by atoms with Crippen LogP contribution in [-0.4, -0.2) is 5.54 Å². The molecule has 4 heteroatoms. The highest BCUT2D eigenvalue weighted by Crippen LogP contribution is 2.25. The molecule has 46 heavy (non-hydrogen) atoms. The lowest BCUT2D eigenvalue weighted by molar-refractivity contribution is -0.697. The summed E-state index contributed by atoms with van der Waals surface area (Å²) in [7, 11) is 0. The number of hydrogen-bond acceptors (Lipinski definition) is 2. The Kier molecular flexibility index (Phi) is 34.0. The first-order valence-electron chi connectivity index (χ1n) is 19.2. The number of aryl methyl sites for hydroxylation is 1. The molecule has 2 rings (SSSR count). The van der Waals surface area contributed by atoms with Gasteiger partial charge in [-0.05, 0) is 44.6 Å². The van der Waals surface area contributed by atoms with Gasteiger partial charge in [0.25, 0.3) is 0 Å². The third-order valence-corrected chi connectivity index (χ3v) is 9.33. The SMILES string of the molecule is CCCCCCCCCCC(Cc1ccccc1)C(C)(C)N.CCCCCCCCCCCCCCCC[n+]1ccccc1.Cl.N. The second-order valence-electron chi connectivity index (χ2n) is 14.2. The van der Waals surface area contributed by atoms with E-state index in [9.17, 15) is 0 Å². The molecule has 1 atom stereocenters. The minimum atomic E-state index is -0.0863. The predicted octanol–water partition coefficient (Wildman–Crippen LogP) is 13.2. The molecule has 268 valence electrons. The zero-order valence-corrected chi connectivity index (χ0v) is 32.0. The standard InChI is InChI=1S/C21H37N.C21H38N.ClH.H3N/c1-4-5-6-7-8-9-10-14-17-20(21(2,3)22)18-19-15-12-11-13-16-19;1-2-3-4-5-6-7-8-9-10-11-12-13-14-16-19-22-20-17-15-18-21-22;;/h11-13,15-16,20H,4-10,14,17-18,22H2,1-3H3;15,17-18,20-21H,2-14,16,19H2,1H3;1H;1H3/q;+1;;. The van der Waals surface area contributed by atoms with Crippen LogP contribution >= 0.6 is 12.4 Å². The van der Waals surface area contributed by atoms with Crippen LogP contribution in [-0.2, 0) is 13.0 Å². The van der Waals surface area contributed by atoms with E-state index in [1.807, 2.05) is 0 Å². The number of rotatable bonds is 27. The number of pyridine rings is 1. The lowest BCUT2D eigenvalue weighted by atomic mass is 9.80. The van der Waals surface area contributed by atoms with Crippen LogP contribution in [0.25, 0.3) is 0 Å². The Morgan fingerprint density at radius 2 is 0.913 bits per heavy atom. The highest BCUT2D eigenvalue weighted by molar-refractivity contribution is 5.85. The lowest BCUT2D eigenvalue weighted by Gasteiger charge is -2.31. The van der Waals surface area contributed by atoms with Gasteiger partial charge in [0.2, 0.25) is 0 Å². The van der Waals surface area contributed by atoms with Crippen molar-refractivity contribution in [3.8, 4) is 0 Å². The topological polar surface area (TPSA) is 64.9 Å². The first-order valence-corrected chi connectivity index (χ1v) is 19.2. The van der Waals surface area contributed by atoms with E-state index >= 15 is 0 Å². The van der Waals surface area contributed by atoms with Gasteiger partial charge in [0.15, 0.2) is 12.4 Å². The van der Waals surface area contributed by atoms with Gasteiger partial charge in [-0.2, -0.15) is 0 Å². The van der Waals surface area contributed by atoms with Crippen molar-refractivity contribution in [1.82, 2.24) is 6.15 Å². The maximum Gasteiger partial charge on any atom is 0.168 e. The summed E-state index contributed by atoms with van der Waals surface area (Å²) >= 11 is 0. The van der Waals surface area contributed by atoms with Gasteiger partial charge in [-0.1, -0.05) is 179 Å². The van der Waals surface area contributed by atoms with Gasteiger partial charge in [0, 0.05) is 24.1 Å². The van der Waals surface area contributed by atoms with Crippen LogP contribution in [0.3, 0.4) is 0 Å². The largest absolute Gasteiger partial charge is 0.344 e. The van der Waals surface area contributed by atoms with E-state index in [0.29, 0.717) is 5.92 Å². The van der Waals surface area contributed by atoms with Crippen LogP contribution in [0.1, 0.15) is 181 Å². The molecule has 0 spiro atoms. The summed E-state index contributed by atoms with van der Waals surface area (Å²) in [6.45, 7) is 10.1. The maximum absolute atomic E-state index is 6.42. The van der Waals surface area contributed by atoms with E-state index in [1.54, 1.807) is 0 Å². The monoisotopic (exact) mass is 661 g/mol. The molecular formula is C42H79ClN3+. The first kappa shape index (κ1) is 46.7. The van der Waals surface area contributed by atoms with E-state index in [2.05, 4.69) is 93.2 Å². The molecule has 3 nitrogen and oxygen atoms in total. The Morgan fingerprint density at radius 3 is 1.33 bits per heavy atom. The Labute approximate surface area is 294 Å². The van der Waals surface area contributed by atoms with Crippen LogP contribution in [0.4, 0.5) is 0 Å². The van der Waals surface area contributed by atoms with Crippen LogP contribution in [0, 0.1) is 5.92 Å². The van der Waals surface area contributed by atoms with E-state index < -0.39 is 0 Å². The molecule has 0 saturated heterocycles. The molecule has 2 aromatic rings. The summed E-state index contributed by atoms with van der Waals surface area (Å²) in [5, 5.41) is 0. The molecular weight excluding hydrogens is 582 g/mol. The highest BCUT2D eigenvalue weighted by Gasteiger charge is 2.24. The second-order valence-corrected chi connectivity index (χ2v) is 14.2. The molecule has 0 amide bonds. The second kappa shape index (κ2) is 33.5. The number of nitrogens with zero attached hydrogens (tertiary/aromatic N) is 1. The van der Waals surface area contributed by atoms with Crippen LogP contribution < -0.4 is 16.5 Å². The number of hydrogen-bond donors (Lipinski definition) is 2. The number of unbranched alkanes of at least 4 members (excludes halogenated alkanes) is 20. The Balaban J connectivity index is 0. The van der Waals surface area contributed by atoms with Crippen LogP contribution in [0.2, 0.25) is 0 Å². The summed E-state index contributed by atoms with van der Waals surface area (Å²) in [4.78, 5) is 0. The van der Waals surface area contributed by atoms with Crippen molar-refractivity contribution >= 4 is 12.4 Å². The smallest absolute Gasteiger partial charge is 0.168 e. The molecule has 1 aromatic heterocycles. The Morgan fingerprint density at radius 1 is 0.543 bits per heavy atom. The molecule has 0 saturated carbocycles. The number of benzene rings is 1. The summed E-state index contributed by atoms with van der Waals surface area (Å²) in [5.41, 5.74) is 7.76. The molecule has 0 aliphatic rings. The number of halogens is 1. The predicted molar refractivity (Wildman–Crippen MR) is 208 cm³/mol. The molecule has 0 fully saturated rings. The van der Waals surface area contributed by atoms with Crippen molar-refractivity contribution < 1.29 is 4.57 Å². The van der Waals surface area contributed by atoms with E-state index in [-0.39, 0.29) is 24.1 Å². The Hall–Kier alpha value is -1.42. The van der Waals surface area contributed by atoms with Crippen molar-refractivity contribution in [3.63, 3.8) is 0 Å². The van der Waals surface area contributed by atoms with Gasteiger partial charge in [-0.15, -0.1) is 12.4 Å². The van der Waals surface area contributed by atoms with Gasteiger partial charge in [-0.25, -0.2) is 4.57 Å². The van der Waals surface area contributed by atoms with Crippen molar-refractivity contribution in [1.29, 1.82) is 0 Å².